The lowest BCUT2D eigenvalue weighted by molar-refractivity contribution is 0.688. The van der Waals surface area contributed by atoms with Gasteiger partial charge in [0, 0.05) is 15.9 Å². The number of nitrogens with two attached hydrogens (primary N) is 1. The SMILES string of the molecule is Cc1nc(=O)n(Cc2ccc(Br)c(N)c2)c(C)c1Br. The molecule has 0 bridgehead atoms. The highest BCUT2D eigenvalue weighted by atomic mass is 79.9. The highest BCUT2D eigenvalue weighted by molar-refractivity contribution is 9.11. The van der Waals surface area contributed by atoms with Crippen LogP contribution in [0.1, 0.15) is 17.0 Å². The van der Waals surface area contributed by atoms with E-state index in [1.54, 1.807) is 11.5 Å². The Bertz CT molecular complexity index is 695. The molecule has 0 unspecified atom stereocenters. The van der Waals surface area contributed by atoms with E-state index in [1.807, 2.05) is 25.1 Å². The van der Waals surface area contributed by atoms with Crippen LogP contribution in [0.25, 0.3) is 0 Å². The summed E-state index contributed by atoms with van der Waals surface area (Å²) in [5.41, 5.74) is 8.77. The molecule has 2 rings (SSSR count). The Kier molecular flexibility index (Phi) is 4.10. The number of hydrogen-bond acceptors (Lipinski definition) is 3. The predicted octanol–water partition coefficient (Wildman–Crippen LogP) is 3.02. The quantitative estimate of drug-likeness (QED) is 0.807. The maximum absolute atomic E-state index is 12.0. The van der Waals surface area contributed by atoms with Crippen LogP contribution in [0, 0.1) is 13.8 Å². The number of aryl methyl sites for hydroxylation is 1. The van der Waals surface area contributed by atoms with Crippen LogP contribution in [-0.2, 0) is 6.54 Å². The Morgan fingerprint density at radius 3 is 2.63 bits per heavy atom. The summed E-state index contributed by atoms with van der Waals surface area (Å²) in [6.07, 6.45) is 0. The first kappa shape index (κ1) is 14.3. The summed E-state index contributed by atoms with van der Waals surface area (Å²) in [6.45, 7) is 4.15. The second-order valence-electron chi connectivity index (χ2n) is 4.32. The summed E-state index contributed by atoms with van der Waals surface area (Å²) < 4.78 is 3.33. The van der Waals surface area contributed by atoms with Crippen molar-refractivity contribution in [2.24, 2.45) is 0 Å². The summed E-state index contributed by atoms with van der Waals surface area (Å²) in [6, 6.07) is 5.66. The van der Waals surface area contributed by atoms with Crippen LogP contribution in [0.15, 0.2) is 31.9 Å². The van der Waals surface area contributed by atoms with Crippen molar-refractivity contribution in [3.8, 4) is 0 Å². The first-order valence-corrected chi connectivity index (χ1v) is 7.26. The first-order valence-electron chi connectivity index (χ1n) is 5.67. The smallest absolute Gasteiger partial charge is 0.348 e. The summed E-state index contributed by atoms with van der Waals surface area (Å²) >= 11 is 6.80. The van der Waals surface area contributed by atoms with Gasteiger partial charge < -0.3 is 5.73 Å². The van der Waals surface area contributed by atoms with Gasteiger partial charge in [-0.2, -0.15) is 4.98 Å². The Balaban J connectivity index is 2.46. The van der Waals surface area contributed by atoms with E-state index in [9.17, 15) is 4.79 Å². The van der Waals surface area contributed by atoms with Gasteiger partial charge in [-0.25, -0.2) is 4.79 Å². The molecule has 0 spiro atoms. The molecule has 2 N–H and O–H groups in total. The zero-order valence-electron chi connectivity index (χ0n) is 10.6. The monoisotopic (exact) mass is 385 g/mol. The lowest BCUT2D eigenvalue weighted by atomic mass is 10.2. The van der Waals surface area contributed by atoms with Crippen LogP contribution in [0.4, 0.5) is 5.69 Å². The van der Waals surface area contributed by atoms with Gasteiger partial charge in [0.2, 0.25) is 0 Å². The largest absolute Gasteiger partial charge is 0.398 e. The van der Waals surface area contributed by atoms with Gasteiger partial charge in [0.05, 0.1) is 16.7 Å². The van der Waals surface area contributed by atoms with Gasteiger partial charge >= 0.3 is 5.69 Å². The molecule has 1 aromatic heterocycles. The Morgan fingerprint density at radius 2 is 2.00 bits per heavy atom. The Labute approximate surface area is 127 Å². The maximum atomic E-state index is 12.0. The summed E-state index contributed by atoms with van der Waals surface area (Å²) in [4.78, 5) is 15.9. The Hall–Kier alpha value is -1.14. The van der Waals surface area contributed by atoms with Gasteiger partial charge in [0.25, 0.3) is 0 Å². The molecule has 4 nitrogen and oxygen atoms in total. The van der Waals surface area contributed by atoms with Gasteiger partial charge in [-0.1, -0.05) is 6.07 Å². The summed E-state index contributed by atoms with van der Waals surface area (Å²) in [5.74, 6) is 0. The lowest BCUT2D eigenvalue weighted by Crippen LogP contribution is -2.26. The van der Waals surface area contributed by atoms with Crippen LogP contribution >= 0.6 is 31.9 Å². The lowest BCUT2D eigenvalue weighted by Gasteiger charge is -2.12. The average Bonchev–Trinajstić information content (AvgIpc) is 2.36. The molecule has 0 amide bonds. The minimum absolute atomic E-state index is 0.250. The van der Waals surface area contributed by atoms with Gasteiger partial charge in [0.15, 0.2) is 0 Å². The zero-order chi connectivity index (χ0) is 14.2. The van der Waals surface area contributed by atoms with Gasteiger partial charge in [-0.05, 0) is 63.4 Å². The number of nitrogens with zero attached hydrogens (tertiary/aromatic N) is 2. The number of nitrogen functional groups attached to an aromatic ring is 1. The Morgan fingerprint density at radius 1 is 1.32 bits per heavy atom. The normalized spacial score (nSPS) is 10.7. The predicted molar refractivity (Wildman–Crippen MR) is 83.3 cm³/mol. The average molecular weight is 387 g/mol. The molecule has 19 heavy (non-hydrogen) atoms. The molecule has 0 saturated carbocycles. The van der Waals surface area contributed by atoms with Crippen LogP contribution in [0.3, 0.4) is 0 Å². The van der Waals surface area contributed by atoms with Crippen molar-refractivity contribution in [2.45, 2.75) is 20.4 Å². The molecule has 0 radical (unpaired) electrons. The third-order valence-corrected chi connectivity index (χ3v) is 4.81. The summed E-state index contributed by atoms with van der Waals surface area (Å²) in [5, 5.41) is 0. The second kappa shape index (κ2) is 5.46. The number of halogens is 2. The highest BCUT2D eigenvalue weighted by Crippen LogP contribution is 2.22. The minimum Gasteiger partial charge on any atom is -0.398 e. The number of hydrogen-bond donors (Lipinski definition) is 1. The zero-order valence-corrected chi connectivity index (χ0v) is 13.7. The topological polar surface area (TPSA) is 60.9 Å². The van der Waals surface area contributed by atoms with Crippen molar-refractivity contribution >= 4 is 37.5 Å². The van der Waals surface area contributed by atoms with E-state index in [0.29, 0.717) is 17.9 Å². The fourth-order valence-electron chi connectivity index (χ4n) is 1.84. The molecule has 0 fully saturated rings. The third kappa shape index (κ3) is 2.90. The number of anilines is 1. The second-order valence-corrected chi connectivity index (χ2v) is 5.97. The molecular formula is C13H13Br2N3O. The van der Waals surface area contributed by atoms with Crippen molar-refractivity contribution < 1.29 is 0 Å². The molecular weight excluding hydrogens is 374 g/mol. The molecule has 0 atom stereocenters. The van der Waals surface area contributed by atoms with Gasteiger partial charge in [-0.3, -0.25) is 4.57 Å². The van der Waals surface area contributed by atoms with Crippen molar-refractivity contribution in [1.82, 2.24) is 9.55 Å². The number of benzene rings is 1. The van der Waals surface area contributed by atoms with Crippen LogP contribution in [-0.4, -0.2) is 9.55 Å². The molecule has 0 aliphatic heterocycles. The minimum atomic E-state index is -0.250. The van der Waals surface area contributed by atoms with E-state index in [4.69, 9.17) is 5.73 Å². The van der Waals surface area contributed by atoms with Crippen molar-refractivity contribution in [2.75, 3.05) is 5.73 Å². The number of rotatable bonds is 2. The van der Waals surface area contributed by atoms with E-state index >= 15 is 0 Å². The van der Waals surface area contributed by atoms with Crippen LogP contribution in [0.2, 0.25) is 0 Å². The number of aromatic nitrogens is 2. The van der Waals surface area contributed by atoms with E-state index in [-0.39, 0.29) is 5.69 Å². The van der Waals surface area contributed by atoms with E-state index in [2.05, 4.69) is 36.8 Å². The summed E-state index contributed by atoms with van der Waals surface area (Å²) in [7, 11) is 0. The van der Waals surface area contributed by atoms with Crippen molar-refractivity contribution in [3.05, 3.63) is 54.6 Å². The fraction of sp³-hybridized carbons (Fsp3) is 0.231. The molecule has 0 aliphatic carbocycles. The molecule has 1 aromatic carbocycles. The standard InChI is InChI=1S/C13H13Br2N3O/c1-7-12(15)8(2)18(13(19)17-7)6-9-3-4-10(14)11(16)5-9/h3-5H,6,16H2,1-2H3. The maximum Gasteiger partial charge on any atom is 0.348 e. The molecule has 2 aromatic rings. The van der Waals surface area contributed by atoms with Crippen molar-refractivity contribution in [3.63, 3.8) is 0 Å². The van der Waals surface area contributed by atoms with E-state index in [1.165, 1.54) is 0 Å². The molecule has 0 saturated heterocycles. The van der Waals surface area contributed by atoms with E-state index < -0.39 is 0 Å². The van der Waals surface area contributed by atoms with E-state index in [0.717, 1.165) is 20.2 Å². The van der Waals surface area contributed by atoms with Crippen LogP contribution < -0.4 is 11.4 Å². The van der Waals surface area contributed by atoms with Crippen LogP contribution in [0.5, 0.6) is 0 Å². The molecule has 6 heteroatoms. The first-order chi connectivity index (χ1) is 8.90. The third-order valence-electron chi connectivity index (χ3n) is 2.94. The molecule has 100 valence electrons. The van der Waals surface area contributed by atoms with Gasteiger partial charge in [-0.15, -0.1) is 0 Å². The van der Waals surface area contributed by atoms with Crippen molar-refractivity contribution in [1.29, 1.82) is 0 Å². The molecule has 1 heterocycles. The van der Waals surface area contributed by atoms with Gasteiger partial charge in [0.1, 0.15) is 0 Å². The fourth-order valence-corrected chi connectivity index (χ4v) is 2.39. The highest BCUT2D eigenvalue weighted by Gasteiger charge is 2.10. The molecule has 0 aliphatic rings.